The zero-order valence-electron chi connectivity index (χ0n) is 14.7. The molecular formula is C19H26N4O2. The first kappa shape index (κ1) is 17.5. The average Bonchev–Trinajstić information content (AvgIpc) is 3.06. The first-order valence-corrected chi connectivity index (χ1v) is 8.89. The van der Waals surface area contributed by atoms with E-state index in [2.05, 4.69) is 26.5 Å². The molecular weight excluding hydrogens is 316 g/mol. The van der Waals surface area contributed by atoms with Crippen LogP contribution in [0.1, 0.15) is 30.1 Å². The lowest BCUT2D eigenvalue weighted by molar-refractivity contribution is -0.122. The maximum Gasteiger partial charge on any atom is 0.234 e. The van der Waals surface area contributed by atoms with Crippen molar-refractivity contribution in [2.24, 2.45) is 0 Å². The molecule has 1 aromatic carbocycles. The van der Waals surface area contributed by atoms with Crippen molar-refractivity contribution in [3.8, 4) is 5.75 Å². The molecule has 0 spiro atoms. The summed E-state index contributed by atoms with van der Waals surface area (Å²) in [4.78, 5) is 14.4. The zero-order valence-corrected chi connectivity index (χ0v) is 14.7. The Balaban J connectivity index is 1.37. The maximum atomic E-state index is 12.1. The molecule has 1 aliphatic heterocycles. The van der Waals surface area contributed by atoms with Crippen LogP contribution >= 0.6 is 0 Å². The molecule has 25 heavy (non-hydrogen) atoms. The fourth-order valence-corrected chi connectivity index (χ4v) is 3.22. The van der Waals surface area contributed by atoms with Crippen LogP contribution in [0.2, 0.25) is 0 Å². The molecule has 6 nitrogen and oxygen atoms in total. The predicted molar refractivity (Wildman–Crippen MR) is 96.7 cm³/mol. The number of piperidine rings is 1. The van der Waals surface area contributed by atoms with E-state index in [9.17, 15) is 4.79 Å². The number of carbonyl (C=O) groups is 1. The number of benzene rings is 1. The Kier molecular flexibility index (Phi) is 6.06. The van der Waals surface area contributed by atoms with E-state index >= 15 is 0 Å². The summed E-state index contributed by atoms with van der Waals surface area (Å²) in [5.41, 5.74) is 2.20. The van der Waals surface area contributed by atoms with Gasteiger partial charge in [-0.2, -0.15) is 5.10 Å². The minimum Gasteiger partial charge on any atom is -0.492 e. The highest BCUT2D eigenvalue weighted by atomic mass is 16.5. The van der Waals surface area contributed by atoms with Gasteiger partial charge in [0.2, 0.25) is 5.91 Å². The number of aryl methyl sites for hydroxylation is 1. The minimum absolute atomic E-state index is 0.0514. The SMILES string of the molecule is Cc1cc([C@@H]2CCCN(CC(=O)NCCOc3ccccc3)C2)n[nH]1. The van der Waals surface area contributed by atoms with Crippen LogP contribution in [0.3, 0.4) is 0 Å². The van der Waals surface area contributed by atoms with Gasteiger partial charge in [0.05, 0.1) is 18.8 Å². The van der Waals surface area contributed by atoms with E-state index in [4.69, 9.17) is 4.74 Å². The van der Waals surface area contributed by atoms with Crippen LogP contribution in [0.25, 0.3) is 0 Å². The number of amides is 1. The summed E-state index contributed by atoms with van der Waals surface area (Å²) in [7, 11) is 0. The summed E-state index contributed by atoms with van der Waals surface area (Å²) < 4.78 is 5.58. The summed E-state index contributed by atoms with van der Waals surface area (Å²) >= 11 is 0. The normalized spacial score (nSPS) is 18.0. The van der Waals surface area contributed by atoms with Gasteiger partial charge in [-0.05, 0) is 44.5 Å². The molecule has 0 saturated carbocycles. The predicted octanol–water partition coefficient (Wildman–Crippen LogP) is 2.09. The molecule has 0 unspecified atom stereocenters. The molecule has 1 fully saturated rings. The van der Waals surface area contributed by atoms with E-state index < -0.39 is 0 Å². The lowest BCUT2D eigenvalue weighted by Crippen LogP contribution is -2.42. The Labute approximate surface area is 148 Å². The number of hydrogen-bond donors (Lipinski definition) is 2. The Hall–Kier alpha value is -2.34. The van der Waals surface area contributed by atoms with E-state index in [1.54, 1.807) is 0 Å². The maximum absolute atomic E-state index is 12.1. The van der Waals surface area contributed by atoms with Gasteiger partial charge in [-0.15, -0.1) is 0 Å². The average molecular weight is 342 g/mol. The summed E-state index contributed by atoms with van der Waals surface area (Å²) in [5, 5.41) is 10.3. The highest BCUT2D eigenvalue weighted by molar-refractivity contribution is 5.78. The summed E-state index contributed by atoms with van der Waals surface area (Å²) in [5.74, 6) is 1.29. The van der Waals surface area contributed by atoms with Crippen LogP contribution < -0.4 is 10.1 Å². The van der Waals surface area contributed by atoms with E-state index in [1.165, 1.54) is 0 Å². The molecule has 1 saturated heterocycles. The summed E-state index contributed by atoms with van der Waals surface area (Å²) in [6.07, 6.45) is 2.23. The standard InChI is InChI=1S/C19H26N4O2/c1-15-12-18(22-21-15)16-6-5-10-23(13-16)14-19(24)20-9-11-25-17-7-3-2-4-8-17/h2-4,7-8,12,16H,5-6,9-11,13-14H2,1H3,(H,20,24)(H,21,22)/t16-/m1/s1. The number of nitrogens with one attached hydrogen (secondary N) is 2. The third kappa shape index (κ3) is 5.32. The number of nitrogens with zero attached hydrogens (tertiary/aromatic N) is 2. The number of carbonyl (C=O) groups excluding carboxylic acids is 1. The quantitative estimate of drug-likeness (QED) is 0.756. The van der Waals surface area contributed by atoms with Crippen molar-refractivity contribution in [2.45, 2.75) is 25.7 Å². The third-order valence-corrected chi connectivity index (χ3v) is 4.45. The van der Waals surface area contributed by atoms with Gasteiger partial charge >= 0.3 is 0 Å². The molecule has 2 aromatic rings. The number of likely N-dealkylation sites (tertiary alicyclic amines) is 1. The lowest BCUT2D eigenvalue weighted by atomic mass is 9.94. The van der Waals surface area contributed by atoms with Gasteiger partial charge in [-0.3, -0.25) is 14.8 Å². The minimum atomic E-state index is 0.0514. The second kappa shape index (κ2) is 8.67. The first-order valence-electron chi connectivity index (χ1n) is 8.89. The second-order valence-electron chi connectivity index (χ2n) is 6.56. The molecule has 3 rings (SSSR count). The lowest BCUT2D eigenvalue weighted by Gasteiger charge is -2.31. The molecule has 1 aromatic heterocycles. The largest absolute Gasteiger partial charge is 0.492 e. The van der Waals surface area contributed by atoms with Crippen molar-refractivity contribution in [1.82, 2.24) is 20.4 Å². The molecule has 2 N–H and O–H groups in total. The van der Waals surface area contributed by atoms with Gasteiger partial charge in [0.1, 0.15) is 12.4 Å². The number of ether oxygens (including phenoxy) is 1. The fourth-order valence-electron chi connectivity index (χ4n) is 3.22. The number of para-hydroxylation sites is 1. The highest BCUT2D eigenvalue weighted by Crippen LogP contribution is 2.25. The molecule has 134 valence electrons. The van der Waals surface area contributed by atoms with Gasteiger partial charge in [-0.25, -0.2) is 0 Å². The number of hydrogen-bond acceptors (Lipinski definition) is 4. The van der Waals surface area contributed by atoms with Crippen LogP contribution in [0.15, 0.2) is 36.4 Å². The van der Waals surface area contributed by atoms with Gasteiger partial charge < -0.3 is 10.1 Å². The highest BCUT2D eigenvalue weighted by Gasteiger charge is 2.24. The molecule has 2 heterocycles. The Morgan fingerprint density at radius 1 is 1.40 bits per heavy atom. The zero-order chi connectivity index (χ0) is 17.5. The van der Waals surface area contributed by atoms with E-state index in [-0.39, 0.29) is 5.91 Å². The molecule has 0 bridgehead atoms. The van der Waals surface area contributed by atoms with Gasteiger partial charge in [0.25, 0.3) is 0 Å². The van der Waals surface area contributed by atoms with Crippen molar-refractivity contribution >= 4 is 5.91 Å². The summed E-state index contributed by atoms with van der Waals surface area (Å²) in [6.45, 7) is 5.30. The van der Waals surface area contributed by atoms with Crippen LogP contribution in [0, 0.1) is 6.92 Å². The van der Waals surface area contributed by atoms with Crippen LogP contribution in [0.5, 0.6) is 5.75 Å². The molecule has 1 aliphatic rings. The Morgan fingerprint density at radius 2 is 2.24 bits per heavy atom. The Morgan fingerprint density at radius 3 is 3.00 bits per heavy atom. The Bertz CT molecular complexity index is 671. The third-order valence-electron chi connectivity index (χ3n) is 4.45. The first-order chi connectivity index (χ1) is 12.2. The van der Waals surface area contributed by atoms with Gasteiger partial charge in [0, 0.05) is 18.2 Å². The second-order valence-corrected chi connectivity index (χ2v) is 6.56. The molecule has 6 heteroatoms. The van der Waals surface area contributed by atoms with Gasteiger partial charge in [-0.1, -0.05) is 18.2 Å². The van der Waals surface area contributed by atoms with Crippen LogP contribution in [-0.2, 0) is 4.79 Å². The topological polar surface area (TPSA) is 70.2 Å². The van der Waals surface area contributed by atoms with Gasteiger partial charge in [0.15, 0.2) is 0 Å². The van der Waals surface area contributed by atoms with E-state index in [0.717, 1.165) is 43.1 Å². The van der Waals surface area contributed by atoms with Crippen molar-refractivity contribution in [3.63, 3.8) is 0 Å². The van der Waals surface area contributed by atoms with Crippen molar-refractivity contribution in [3.05, 3.63) is 47.8 Å². The smallest absolute Gasteiger partial charge is 0.234 e. The number of aromatic amines is 1. The molecule has 0 radical (unpaired) electrons. The molecule has 1 amide bonds. The van der Waals surface area contributed by atoms with Crippen LogP contribution in [-0.4, -0.2) is 53.8 Å². The van der Waals surface area contributed by atoms with E-state index in [1.807, 2.05) is 37.3 Å². The van der Waals surface area contributed by atoms with Crippen molar-refractivity contribution in [2.75, 3.05) is 32.8 Å². The molecule has 0 aliphatic carbocycles. The molecule has 1 atom stereocenters. The van der Waals surface area contributed by atoms with Crippen molar-refractivity contribution < 1.29 is 9.53 Å². The fraction of sp³-hybridized carbons (Fsp3) is 0.474. The number of H-pyrrole nitrogens is 1. The van der Waals surface area contributed by atoms with Crippen LogP contribution in [0.4, 0.5) is 0 Å². The number of aromatic nitrogens is 2. The monoisotopic (exact) mass is 342 g/mol. The van der Waals surface area contributed by atoms with E-state index in [0.29, 0.717) is 25.6 Å². The number of rotatable bonds is 7. The van der Waals surface area contributed by atoms with Crippen molar-refractivity contribution in [1.29, 1.82) is 0 Å². The summed E-state index contributed by atoms with van der Waals surface area (Å²) in [6, 6.07) is 11.7.